The fourth-order valence-corrected chi connectivity index (χ4v) is 2.40. The summed E-state index contributed by atoms with van der Waals surface area (Å²) in [6.07, 6.45) is 0. The molecule has 0 spiro atoms. The van der Waals surface area contributed by atoms with E-state index in [9.17, 15) is 0 Å². The summed E-state index contributed by atoms with van der Waals surface area (Å²) in [6, 6.07) is 9.06. The van der Waals surface area contributed by atoms with Gasteiger partial charge in [-0.2, -0.15) is 0 Å². The van der Waals surface area contributed by atoms with Crippen LogP contribution in [-0.2, 0) is 11.3 Å². The number of rotatable bonds is 5. The van der Waals surface area contributed by atoms with Gasteiger partial charge in [-0.25, -0.2) is 4.99 Å². The molecule has 0 saturated carbocycles. The van der Waals surface area contributed by atoms with Crippen LogP contribution in [-0.4, -0.2) is 44.8 Å². The molecule has 1 saturated heterocycles. The molecule has 1 aliphatic rings. The number of aliphatic imine (C=N–C) groups is 1. The first kappa shape index (κ1) is 20.0. The highest BCUT2D eigenvalue weighted by atomic mass is 127. The summed E-state index contributed by atoms with van der Waals surface area (Å²) < 4.78 is 5.39. The first-order valence-electron chi connectivity index (χ1n) is 8.15. The van der Waals surface area contributed by atoms with Gasteiger partial charge >= 0.3 is 0 Å². The average molecular weight is 432 g/mol. The highest BCUT2D eigenvalue weighted by Crippen LogP contribution is 2.17. The highest BCUT2D eigenvalue weighted by molar-refractivity contribution is 14.0. The minimum atomic E-state index is 0. The minimum absolute atomic E-state index is 0. The first-order valence-corrected chi connectivity index (χ1v) is 8.15. The zero-order chi connectivity index (χ0) is 15.8. The van der Waals surface area contributed by atoms with E-state index in [1.54, 1.807) is 0 Å². The molecule has 1 aromatic rings. The van der Waals surface area contributed by atoms with E-state index in [0.717, 1.165) is 38.8 Å². The molecule has 0 amide bonds. The van der Waals surface area contributed by atoms with Gasteiger partial charge < -0.3 is 20.3 Å². The second kappa shape index (κ2) is 10.7. The normalized spacial score (nSPS) is 15.3. The van der Waals surface area contributed by atoms with Crippen molar-refractivity contribution in [1.82, 2.24) is 10.6 Å². The van der Waals surface area contributed by atoms with Crippen LogP contribution in [0.3, 0.4) is 0 Å². The molecule has 0 atom stereocenters. The Bertz CT molecular complexity index is 470. The molecule has 1 aliphatic heterocycles. The van der Waals surface area contributed by atoms with Crippen LogP contribution in [0.4, 0.5) is 5.69 Å². The molecule has 5 nitrogen and oxygen atoms in total. The second-order valence-electron chi connectivity index (χ2n) is 5.76. The lowest BCUT2D eigenvalue weighted by atomic mass is 10.2. The van der Waals surface area contributed by atoms with E-state index in [2.05, 4.69) is 65.6 Å². The minimum Gasteiger partial charge on any atom is -0.378 e. The van der Waals surface area contributed by atoms with Gasteiger partial charge in [-0.3, -0.25) is 0 Å². The van der Waals surface area contributed by atoms with Gasteiger partial charge in [0.2, 0.25) is 0 Å². The van der Waals surface area contributed by atoms with Crippen LogP contribution in [0.15, 0.2) is 29.3 Å². The Morgan fingerprint density at radius 2 is 1.87 bits per heavy atom. The molecule has 0 bridgehead atoms. The maximum Gasteiger partial charge on any atom is 0.191 e. The van der Waals surface area contributed by atoms with Crippen molar-refractivity contribution < 1.29 is 4.74 Å². The summed E-state index contributed by atoms with van der Waals surface area (Å²) in [4.78, 5) is 6.99. The number of nitrogens with zero attached hydrogens (tertiary/aromatic N) is 2. The lowest BCUT2D eigenvalue weighted by Gasteiger charge is -2.28. The smallest absolute Gasteiger partial charge is 0.191 e. The molecule has 2 N–H and O–H groups in total. The van der Waals surface area contributed by atoms with E-state index in [1.807, 2.05) is 0 Å². The molecule has 130 valence electrons. The molecule has 6 heteroatoms. The van der Waals surface area contributed by atoms with Gasteiger partial charge in [0, 0.05) is 31.4 Å². The predicted octanol–water partition coefficient (Wildman–Crippen LogP) is 2.60. The average Bonchev–Trinajstić information content (AvgIpc) is 2.54. The largest absolute Gasteiger partial charge is 0.378 e. The summed E-state index contributed by atoms with van der Waals surface area (Å²) in [7, 11) is 0. The molecular weight excluding hydrogens is 403 g/mol. The van der Waals surface area contributed by atoms with Crippen LogP contribution in [0.25, 0.3) is 0 Å². The summed E-state index contributed by atoms with van der Waals surface area (Å²) in [6.45, 7) is 11.4. The van der Waals surface area contributed by atoms with Gasteiger partial charge in [-0.15, -0.1) is 24.0 Å². The molecule has 0 aliphatic carbocycles. The van der Waals surface area contributed by atoms with Crippen molar-refractivity contribution in [2.45, 2.75) is 33.4 Å². The molecule has 23 heavy (non-hydrogen) atoms. The van der Waals surface area contributed by atoms with Gasteiger partial charge in [0.25, 0.3) is 0 Å². The Labute approximate surface area is 156 Å². The van der Waals surface area contributed by atoms with Crippen LogP contribution in [0.2, 0.25) is 0 Å². The monoisotopic (exact) mass is 432 g/mol. The number of hydrogen-bond donors (Lipinski definition) is 2. The molecule has 1 aromatic carbocycles. The van der Waals surface area contributed by atoms with Crippen LogP contribution in [0, 0.1) is 0 Å². The van der Waals surface area contributed by atoms with Crippen LogP contribution in [0.5, 0.6) is 0 Å². The summed E-state index contributed by atoms with van der Waals surface area (Å²) in [5.74, 6) is 0.870. The van der Waals surface area contributed by atoms with E-state index in [0.29, 0.717) is 12.6 Å². The van der Waals surface area contributed by atoms with Crippen molar-refractivity contribution in [2.24, 2.45) is 4.99 Å². The van der Waals surface area contributed by atoms with E-state index in [4.69, 9.17) is 4.74 Å². The molecule has 2 rings (SSSR count). The number of guanidine groups is 1. The molecule has 1 heterocycles. The fourth-order valence-electron chi connectivity index (χ4n) is 2.40. The quantitative estimate of drug-likeness (QED) is 0.427. The Kier molecular flexibility index (Phi) is 9.31. The van der Waals surface area contributed by atoms with Gasteiger partial charge in [-0.1, -0.05) is 12.1 Å². The van der Waals surface area contributed by atoms with Crippen molar-refractivity contribution >= 4 is 35.6 Å². The van der Waals surface area contributed by atoms with Crippen molar-refractivity contribution in [3.63, 3.8) is 0 Å². The fraction of sp³-hybridized carbons (Fsp3) is 0.588. The lowest BCUT2D eigenvalue weighted by Crippen LogP contribution is -2.41. The Morgan fingerprint density at radius 1 is 1.22 bits per heavy atom. The van der Waals surface area contributed by atoms with Crippen LogP contribution < -0.4 is 15.5 Å². The second-order valence-corrected chi connectivity index (χ2v) is 5.76. The van der Waals surface area contributed by atoms with Crippen molar-refractivity contribution in [2.75, 3.05) is 37.7 Å². The predicted molar refractivity (Wildman–Crippen MR) is 108 cm³/mol. The van der Waals surface area contributed by atoms with E-state index in [1.165, 1.54) is 11.3 Å². The third-order valence-electron chi connectivity index (χ3n) is 3.50. The van der Waals surface area contributed by atoms with E-state index in [-0.39, 0.29) is 24.0 Å². The number of anilines is 1. The maximum absolute atomic E-state index is 5.39. The Morgan fingerprint density at radius 3 is 2.43 bits per heavy atom. The third kappa shape index (κ3) is 6.95. The van der Waals surface area contributed by atoms with Crippen LogP contribution in [0.1, 0.15) is 26.3 Å². The zero-order valence-electron chi connectivity index (χ0n) is 14.3. The van der Waals surface area contributed by atoms with E-state index >= 15 is 0 Å². The number of morpholine rings is 1. The Balaban J connectivity index is 0.00000264. The number of benzene rings is 1. The number of nitrogens with one attached hydrogen (secondary N) is 2. The van der Waals surface area contributed by atoms with Gasteiger partial charge in [-0.05, 0) is 38.5 Å². The van der Waals surface area contributed by atoms with Crippen molar-refractivity contribution in [3.05, 3.63) is 29.8 Å². The highest BCUT2D eigenvalue weighted by Gasteiger charge is 2.10. The molecule has 0 aromatic heterocycles. The zero-order valence-corrected chi connectivity index (χ0v) is 16.7. The van der Waals surface area contributed by atoms with Crippen molar-refractivity contribution in [3.8, 4) is 0 Å². The van der Waals surface area contributed by atoms with Crippen molar-refractivity contribution in [1.29, 1.82) is 0 Å². The summed E-state index contributed by atoms with van der Waals surface area (Å²) in [5.41, 5.74) is 2.49. The third-order valence-corrected chi connectivity index (χ3v) is 3.50. The van der Waals surface area contributed by atoms with Crippen LogP contribution >= 0.6 is 24.0 Å². The lowest BCUT2D eigenvalue weighted by molar-refractivity contribution is 0.122. The summed E-state index contributed by atoms with van der Waals surface area (Å²) in [5, 5.41) is 6.59. The topological polar surface area (TPSA) is 48.9 Å². The van der Waals surface area contributed by atoms with Gasteiger partial charge in [0.1, 0.15) is 0 Å². The first-order chi connectivity index (χ1) is 10.7. The van der Waals surface area contributed by atoms with Gasteiger partial charge in [0.15, 0.2) is 5.96 Å². The summed E-state index contributed by atoms with van der Waals surface area (Å²) >= 11 is 0. The molecule has 0 radical (unpaired) electrons. The van der Waals surface area contributed by atoms with Gasteiger partial charge in [0.05, 0.1) is 19.8 Å². The molecular formula is C17H29IN4O. The number of hydrogen-bond acceptors (Lipinski definition) is 3. The Hall–Kier alpha value is -1.02. The number of ether oxygens (including phenoxy) is 1. The molecule has 1 fully saturated rings. The maximum atomic E-state index is 5.39. The molecule has 0 unspecified atom stereocenters. The number of halogens is 1. The van der Waals surface area contributed by atoms with E-state index < -0.39 is 0 Å². The SMILES string of the molecule is CCNC(=NCc1ccc(N2CCOCC2)cc1)NC(C)C.I. The standard InChI is InChI=1S/C17H28N4O.HI/c1-4-18-17(20-14(2)3)19-13-15-5-7-16(8-6-15)21-9-11-22-12-10-21;/h5-8,14H,4,9-13H2,1-3H3,(H2,18,19,20);1H.